The van der Waals surface area contributed by atoms with E-state index in [0.717, 1.165) is 41.3 Å². The molecule has 2 heterocycles. The number of benzene rings is 2. The Morgan fingerprint density at radius 1 is 1.06 bits per heavy atom. The van der Waals surface area contributed by atoms with Crippen molar-refractivity contribution in [1.29, 1.82) is 0 Å². The average molecular weight is 434 g/mol. The Balaban J connectivity index is 1.70. The van der Waals surface area contributed by atoms with Crippen LogP contribution >= 0.6 is 0 Å². The van der Waals surface area contributed by atoms with Crippen molar-refractivity contribution in [3.8, 4) is 0 Å². The number of hydrogen-bond acceptors (Lipinski definition) is 5. The maximum absolute atomic E-state index is 14.6. The van der Waals surface area contributed by atoms with Crippen molar-refractivity contribution in [2.24, 2.45) is 0 Å². The summed E-state index contributed by atoms with van der Waals surface area (Å²) >= 11 is 0. The fourth-order valence-electron chi connectivity index (χ4n) is 3.79. The molecule has 9 heteroatoms. The van der Waals surface area contributed by atoms with Gasteiger partial charge >= 0.3 is 6.18 Å². The Bertz CT molecular complexity index is 1100. The normalized spacial score (nSPS) is 15.9. The van der Waals surface area contributed by atoms with Crippen molar-refractivity contribution in [2.45, 2.75) is 26.1 Å². The zero-order valence-electron chi connectivity index (χ0n) is 17.1. The Morgan fingerprint density at radius 2 is 1.81 bits per heavy atom. The van der Waals surface area contributed by atoms with Crippen molar-refractivity contribution in [3.63, 3.8) is 0 Å². The molecule has 3 aromatic rings. The molecule has 0 spiro atoms. The van der Waals surface area contributed by atoms with Gasteiger partial charge in [-0.25, -0.2) is 4.39 Å². The van der Waals surface area contributed by atoms with Crippen LogP contribution in [-0.4, -0.2) is 36.5 Å². The summed E-state index contributed by atoms with van der Waals surface area (Å²) in [5, 5.41) is 13.1. The van der Waals surface area contributed by atoms with Crippen LogP contribution in [0.15, 0.2) is 36.4 Å². The zero-order valence-corrected chi connectivity index (χ0v) is 17.1. The number of hydrogen-bond donors (Lipinski definition) is 1. The third kappa shape index (κ3) is 4.27. The van der Waals surface area contributed by atoms with E-state index in [4.69, 9.17) is 4.74 Å². The molecule has 0 radical (unpaired) electrons. The Hall–Kier alpha value is -2.94. The minimum atomic E-state index is -4.76. The first-order valence-corrected chi connectivity index (χ1v) is 9.97. The van der Waals surface area contributed by atoms with Gasteiger partial charge in [-0.1, -0.05) is 18.2 Å². The average Bonchev–Trinajstić information content (AvgIpc) is 2.75. The molecule has 1 N–H and O–H groups in total. The lowest BCUT2D eigenvalue weighted by molar-refractivity contribution is -0.140. The Labute approximate surface area is 177 Å². The molecule has 1 aliphatic heterocycles. The molecule has 1 atom stereocenters. The quantitative estimate of drug-likeness (QED) is 0.579. The van der Waals surface area contributed by atoms with Crippen LogP contribution in [-0.2, 0) is 10.9 Å². The van der Waals surface area contributed by atoms with E-state index < -0.39 is 23.6 Å². The second-order valence-electron chi connectivity index (χ2n) is 7.54. The second kappa shape index (κ2) is 8.30. The van der Waals surface area contributed by atoms with Gasteiger partial charge < -0.3 is 15.0 Å². The van der Waals surface area contributed by atoms with Crippen molar-refractivity contribution >= 4 is 22.3 Å². The van der Waals surface area contributed by atoms with Crippen molar-refractivity contribution in [3.05, 3.63) is 59.0 Å². The van der Waals surface area contributed by atoms with E-state index >= 15 is 0 Å². The first-order chi connectivity index (χ1) is 14.8. The summed E-state index contributed by atoms with van der Waals surface area (Å²) in [5.41, 5.74) is 0.346. The van der Waals surface area contributed by atoms with E-state index in [-0.39, 0.29) is 5.56 Å². The molecule has 1 aromatic heterocycles. The molecule has 0 amide bonds. The van der Waals surface area contributed by atoms with Gasteiger partial charge in [0.1, 0.15) is 5.82 Å². The summed E-state index contributed by atoms with van der Waals surface area (Å²) in [6, 6.07) is 8.45. The number of aromatic nitrogens is 2. The van der Waals surface area contributed by atoms with Crippen LogP contribution in [0.25, 0.3) is 10.8 Å². The van der Waals surface area contributed by atoms with Crippen molar-refractivity contribution in [2.75, 3.05) is 36.5 Å². The first kappa shape index (κ1) is 21.3. The highest BCUT2D eigenvalue weighted by molar-refractivity contribution is 5.95. The third-order valence-electron chi connectivity index (χ3n) is 5.48. The minimum Gasteiger partial charge on any atom is -0.378 e. The van der Waals surface area contributed by atoms with Crippen LogP contribution in [0.4, 0.5) is 29.1 Å². The Morgan fingerprint density at radius 3 is 2.52 bits per heavy atom. The summed E-state index contributed by atoms with van der Waals surface area (Å²) in [5.74, 6) is -0.895. The largest absolute Gasteiger partial charge is 0.419 e. The van der Waals surface area contributed by atoms with E-state index in [2.05, 4.69) is 20.4 Å². The second-order valence-corrected chi connectivity index (χ2v) is 7.54. The smallest absolute Gasteiger partial charge is 0.378 e. The van der Waals surface area contributed by atoms with Crippen LogP contribution < -0.4 is 10.2 Å². The number of nitrogens with zero attached hydrogens (tertiary/aromatic N) is 3. The van der Waals surface area contributed by atoms with Gasteiger partial charge in [0.25, 0.3) is 0 Å². The van der Waals surface area contributed by atoms with Gasteiger partial charge in [0.15, 0.2) is 5.82 Å². The third-order valence-corrected chi connectivity index (χ3v) is 5.48. The van der Waals surface area contributed by atoms with Crippen LogP contribution in [0.5, 0.6) is 0 Å². The molecule has 0 bridgehead atoms. The summed E-state index contributed by atoms with van der Waals surface area (Å²) in [6.45, 7) is 6.24. The SMILES string of the molecule is Cc1nnc(NC(C)c2cccc(C(F)(F)F)c2F)c2cc(N3CCOCC3)ccc12. The van der Waals surface area contributed by atoms with Crippen LogP contribution in [0.1, 0.15) is 29.8 Å². The predicted molar refractivity (Wildman–Crippen MR) is 111 cm³/mol. The summed E-state index contributed by atoms with van der Waals surface area (Å²) in [7, 11) is 0. The van der Waals surface area contributed by atoms with Gasteiger partial charge in [-0.2, -0.15) is 18.3 Å². The molecule has 1 unspecified atom stereocenters. The number of anilines is 2. The molecule has 1 saturated heterocycles. The molecule has 5 nitrogen and oxygen atoms in total. The summed E-state index contributed by atoms with van der Waals surface area (Å²) < 4.78 is 59.3. The van der Waals surface area contributed by atoms with E-state index in [1.165, 1.54) is 12.1 Å². The maximum atomic E-state index is 14.6. The van der Waals surface area contributed by atoms with Gasteiger partial charge in [-0.05, 0) is 32.0 Å². The molecule has 2 aromatic carbocycles. The summed E-state index contributed by atoms with van der Waals surface area (Å²) in [4.78, 5) is 2.19. The summed E-state index contributed by atoms with van der Waals surface area (Å²) in [6.07, 6.45) is -4.76. The van der Waals surface area contributed by atoms with Crippen LogP contribution in [0, 0.1) is 12.7 Å². The highest BCUT2D eigenvalue weighted by Gasteiger charge is 2.35. The lowest BCUT2D eigenvalue weighted by Gasteiger charge is -2.29. The highest BCUT2D eigenvalue weighted by Crippen LogP contribution is 2.35. The number of rotatable bonds is 4. The predicted octanol–water partition coefficient (Wildman–Crippen LogP) is 5.11. The number of halogens is 4. The minimum absolute atomic E-state index is 0.0883. The van der Waals surface area contributed by atoms with E-state index in [1.807, 2.05) is 25.1 Å². The van der Waals surface area contributed by atoms with E-state index in [9.17, 15) is 17.6 Å². The van der Waals surface area contributed by atoms with Gasteiger partial charge in [0.05, 0.1) is 30.5 Å². The molecule has 31 heavy (non-hydrogen) atoms. The van der Waals surface area contributed by atoms with Gasteiger partial charge in [-0.15, -0.1) is 5.10 Å². The molecule has 4 rings (SSSR count). The number of morpholine rings is 1. The molecular formula is C22H22F4N4O. The zero-order chi connectivity index (χ0) is 22.2. The number of aryl methyl sites for hydroxylation is 1. The van der Waals surface area contributed by atoms with E-state index in [1.54, 1.807) is 6.92 Å². The lowest BCUT2D eigenvalue weighted by atomic mass is 10.0. The number of alkyl halides is 3. The van der Waals surface area contributed by atoms with Gasteiger partial charge in [0.2, 0.25) is 0 Å². The van der Waals surface area contributed by atoms with E-state index in [0.29, 0.717) is 19.0 Å². The first-order valence-electron chi connectivity index (χ1n) is 9.97. The topological polar surface area (TPSA) is 50.3 Å². The van der Waals surface area contributed by atoms with Crippen molar-refractivity contribution < 1.29 is 22.3 Å². The molecule has 0 saturated carbocycles. The molecular weight excluding hydrogens is 412 g/mol. The molecule has 1 aliphatic rings. The fraction of sp³-hybridized carbons (Fsp3) is 0.364. The Kier molecular flexibility index (Phi) is 5.70. The lowest BCUT2D eigenvalue weighted by Crippen LogP contribution is -2.36. The van der Waals surface area contributed by atoms with Gasteiger partial charge in [-0.3, -0.25) is 0 Å². The molecule has 164 valence electrons. The molecule has 1 fully saturated rings. The van der Waals surface area contributed by atoms with Gasteiger partial charge in [0, 0.05) is 35.1 Å². The monoisotopic (exact) mass is 434 g/mol. The van der Waals surface area contributed by atoms with Crippen LogP contribution in [0.2, 0.25) is 0 Å². The standard InChI is InChI=1S/C22H22F4N4O/c1-13(17-4-3-5-19(20(17)23)22(24,25)26)27-21-18-12-15(30-8-10-31-11-9-30)6-7-16(18)14(2)28-29-21/h3-7,12-13H,8-11H2,1-2H3,(H,27,29). The van der Waals surface area contributed by atoms with Crippen LogP contribution in [0.3, 0.4) is 0 Å². The molecule has 0 aliphatic carbocycles. The number of fused-ring (bicyclic) bond motifs is 1. The number of nitrogens with one attached hydrogen (secondary N) is 1. The van der Waals surface area contributed by atoms with Crippen molar-refractivity contribution in [1.82, 2.24) is 10.2 Å². The highest BCUT2D eigenvalue weighted by atomic mass is 19.4. The fourth-order valence-corrected chi connectivity index (χ4v) is 3.79. The number of ether oxygens (including phenoxy) is 1. The maximum Gasteiger partial charge on any atom is 0.419 e.